The highest BCUT2D eigenvalue weighted by atomic mass is 16.8. The van der Waals surface area contributed by atoms with Gasteiger partial charge in [0.05, 0.1) is 54.9 Å². The van der Waals surface area contributed by atoms with Crippen molar-refractivity contribution < 1.29 is 86.9 Å². The number of carbonyl (C=O) groups is 2. The summed E-state index contributed by atoms with van der Waals surface area (Å²) >= 11 is 0. The molecule has 68 heavy (non-hydrogen) atoms. The minimum Gasteiger partial charge on any atom is -0.462 e. The molecule has 0 radical (unpaired) electrons. The van der Waals surface area contributed by atoms with Crippen molar-refractivity contribution in [2.75, 3.05) is 21.3 Å². The average molecular weight is 969 g/mol. The van der Waals surface area contributed by atoms with Crippen LogP contribution in [0.25, 0.3) is 0 Å². The smallest absolute Gasteiger partial charge is 0.302 e. The van der Waals surface area contributed by atoms with Crippen LogP contribution < -0.4 is 0 Å². The number of hydrogen-bond acceptors (Lipinski definition) is 18. The van der Waals surface area contributed by atoms with Gasteiger partial charge in [-0.15, -0.1) is 0 Å². The summed E-state index contributed by atoms with van der Waals surface area (Å²) in [6, 6.07) is 0. The summed E-state index contributed by atoms with van der Waals surface area (Å²) in [5.41, 5.74) is -3.61. The Kier molecular flexibility index (Phi) is 15.7. The zero-order chi connectivity index (χ0) is 49.2. The number of esters is 1. The Balaban J connectivity index is 0.851. The molecule has 4 aliphatic carbocycles. The second kappa shape index (κ2) is 20.3. The van der Waals surface area contributed by atoms with Gasteiger partial charge < -0.3 is 77.3 Å². The van der Waals surface area contributed by atoms with Gasteiger partial charge in [-0.05, 0) is 85.0 Å². The molecule has 8 aliphatic rings. The summed E-state index contributed by atoms with van der Waals surface area (Å²) in [6.45, 7) is 14.3. The fourth-order valence-corrected chi connectivity index (χ4v) is 14.1. The topological polar surface area (TPSA) is 226 Å². The molecule has 0 amide bonds. The summed E-state index contributed by atoms with van der Waals surface area (Å²) in [4.78, 5) is 25.5. The average Bonchev–Trinajstić information content (AvgIpc) is 3.58. The predicted molar refractivity (Wildman–Crippen MR) is 239 cm³/mol. The second-order valence-corrected chi connectivity index (χ2v) is 21.7. The largest absolute Gasteiger partial charge is 0.462 e. The molecule has 388 valence electrons. The van der Waals surface area contributed by atoms with E-state index in [1.54, 1.807) is 21.1 Å². The molecule has 0 aromatic heterocycles. The lowest BCUT2D eigenvalue weighted by Gasteiger charge is -2.66. The first-order valence-corrected chi connectivity index (χ1v) is 25.1. The number of hydrogen-bond donors (Lipinski definition) is 4. The van der Waals surface area contributed by atoms with Gasteiger partial charge in [-0.1, -0.05) is 25.5 Å². The van der Waals surface area contributed by atoms with E-state index in [1.165, 1.54) is 21.0 Å². The van der Waals surface area contributed by atoms with E-state index < -0.39 is 138 Å². The minimum atomic E-state index is -1.63. The SMILES string of the molecule is CO[C@H]1C[C@H](O[C@H]2CC[C@@]3(C)C(=CC[C@]4(O)[C@@H]3C[C@@H](OC(C)=O)[C@]3(C)[C@H](C(C)=O)CC[C@@]34O)C2)O[C@H](C)[C@H]1O[C@H]1C[C@H](OC)[C@H](O[C@H]2C[C@H](O)[C@H](O[C@H]3C[C@@H](OC)[C@H](O)[C@@H](C)O3)[C@@H](C)O2)[C@@H](C)O1. The van der Waals surface area contributed by atoms with E-state index in [-0.39, 0.29) is 37.3 Å². The van der Waals surface area contributed by atoms with E-state index in [9.17, 15) is 30.0 Å². The van der Waals surface area contributed by atoms with E-state index in [0.29, 0.717) is 51.4 Å². The number of carbonyl (C=O) groups excluding carboxylic acids is 2. The maximum atomic E-state index is 13.0. The van der Waals surface area contributed by atoms with Gasteiger partial charge in [0.25, 0.3) is 0 Å². The van der Waals surface area contributed by atoms with E-state index >= 15 is 0 Å². The number of aliphatic hydroxyl groups excluding tert-OH is 2. The molecule has 18 heteroatoms. The van der Waals surface area contributed by atoms with Gasteiger partial charge in [0, 0.05) is 71.2 Å². The lowest BCUT2D eigenvalue weighted by molar-refractivity contribution is -0.346. The quantitative estimate of drug-likeness (QED) is 0.152. The van der Waals surface area contributed by atoms with Crippen LogP contribution in [0.2, 0.25) is 0 Å². The lowest BCUT2D eigenvalue weighted by Crippen LogP contribution is -2.75. The second-order valence-electron chi connectivity index (χ2n) is 21.7. The Hall–Kier alpha value is -1.72. The van der Waals surface area contributed by atoms with Crippen LogP contribution in [-0.2, 0) is 66.4 Å². The van der Waals surface area contributed by atoms with Crippen molar-refractivity contribution >= 4 is 11.8 Å². The van der Waals surface area contributed by atoms with Crippen molar-refractivity contribution in [2.45, 2.75) is 248 Å². The lowest BCUT2D eigenvalue weighted by atomic mass is 9.43. The Morgan fingerprint density at radius 3 is 1.72 bits per heavy atom. The van der Waals surface area contributed by atoms with Crippen molar-refractivity contribution in [2.24, 2.45) is 22.7 Å². The molecule has 4 saturated heterocycles. The van der Waals surface area contributed by atoms with Crippen LogP contribution >= 0.6 is 0 Å². The molecule has 8 rings (SSSR count). The Bertz CT molecular complexity index is 1810. The van der Waals surface area contributed by atoms with Crippen LogP contribution in [0.1, 0.15) is 126 Å². The molecule has 0 unspecified atom stereocenters. The first kappa shape index (κ1) is 52.6. The van der Waals surface area contributed by atoms with E-state index in [2.05, 4.69) is 13.0 Å². The van der Waals surface area contributed by atoms with Crippen molar-refractivity contribution in [1.82, 2.24) is 0 Å². The Morgan fingerprint density at radius 1 is 0.662 bits per heavy atom. The first-order chi connectivity index (χ1) is 32.1. The zero-order valence-electron chi connectivity index (χ0n) is 41.9. The zero-order valence-corrected chi connectivity index (χ0v) is 41.9. The van der Waals surface area contributed by atoms with Crippen LogP contribution in [-0.4, -0.2) is 175 Å². The van der Waals surface area contributed by atoms with Crippen molar-refractivity contribution in [3.63, 3.8) is 0 Å². The first-order valence-electron chi connectivity index (χ1n) is 25.1. The molecular weight excluding hydrogens is 889 g/mol. The van der Waals surface area contributed by atoms with Crippen molar-refractivity contribution in [1.29, 1.82) is 0 Å². The van der Waals surface area contributed by atoms with Gasteiger partial charge in [0.2, 0.25) is 0 Å². The number of ketones is 1. The third kappa shape index (κ3) is 9.31. The molecule has 4 aliphatic heterocycles. The third-order valence-corrected chi connectivity index (χ3v) is 17.9. The molecule has 0 aromatic rings. The molecule has 4 heterocycles. The normalized spacial score (nSPS) is 51.7. The highest BCUT2D eigenvalue weighted by Crippen LogP contribution is 2.70. The minimum absolute atomic E-state index is 0.0706. The van der Waals surface area contributed by atoms with Gasteiger partial charge in [-0.25, -0.2) is 0 Å². The Labute approximate surface area is 401 Å². The monoisotopic (exact) mass is 969 g/mol. The molecule has 18 nitrogen and oxygen atoms in total. The number of Topliss-reactive ketones (excluding diaryl/α,β-unsaturated/α-hetero) is 1. The standard InChI is InChI=1S/C50H80O18/c1-24(51)32-14-17-50(56)48(32,8)38(64-29(6)52)23-37-47(7)15-13-31(18-30(47)12-16-49(37,50)55)65-40-21-35(58-10)46(27(4)62-40)68-42-22-36(59-11)45(28(5)63-42)67-39-19-33(53)44(26(3)61-39)66-41-20-34(57-9)43(54)25(2)60-41/h12,25-28,31-46,53-56H,13-23H2,1-11H3/t25-,26-,27-,28-,31+,32+,33+,34-,35+,36+,37-,38-,39+,40+,41+,42+,43-,44-,45-,46-,47+,48+,49+,50-/m1/s1. The van der Waals surface area contributed by atoms with Crippen molar-refractivity contribution in [3.05, 3.63) is 11.6 Å². The fourth-order valence-electron chi connectivity index (χ4n) is 14.1. The Morgan fingerprint density at radius 2 is 1.18 bits per heavy atom. The van der Waals surface area contributed by atoms with Gasteiger partial charge in [-0.2, -0.15) is 0 Å². The number of rotatable bonds is 13. The van der Waals surface area contributed by atoms with Crippen molar-refractivity contribution in [3.8, 4) is 0 Å². The molecule has 3 saturated carbocycles. The van der Waals surface area contributed by atoms with Crippen LogP contribution in [0, 0.1) is 22.7 Å². The van der Waals surface area contributed by atoms with Crippen LogP contribution in [0.5, 0.6) is 0 Å². The molecule has 7 fully saturated rings. The maximum absolute atomic E-state index is 13.0. The molecule has 4 N–H and O–H groups in total. The van der Waals surface area contributed by atoms with Gasteiger partial charge >= 0.3 is 5.97 Å². The molecule has 0 bridgehead atoms. The number of fused-ring (bicyclic) bond motifs is 5. The predicted octanol–water partition coefficient (Wildman–Crippen LogP) is 3.77. The van der Waals surface area contributed by atoms with Crippen LogP contribution in [0.4, 0.5) is 0 Å². The van der Waals surface area contributed by atoms with E-state index in [0.717, 1.165) is 5.57 Å². The van der Waals surface area contributed by atoms with Gasteiger partial charge in [-0.3, -0.25) is 9.59 Å². The van der Waals surface area contributed by atoms with E-state index in [4.69, 9.17) is 56.8 Å². The number of aliphatic hydroxyl groups is 4. The third-order valence-electron chi connectivity index (χ3n) is 17.9. The highest BCUT2D eigenvalue weighted by molar-refractivity contribution is 5.80. The fraction of sp³-hybridized carbons (Fsp3) is 0.920. The molecule has 0 spiro atoms. The summed E-state index contributed by atoms with van der Waals surface area (Å²) in [7, 11) is 4.80. The van der Waals surface area contributed by atoms with Gasteiger partial charge in [0.15, 0.2) is 25.2 Å². The number of methoxy groups -OCH3 is 3. The van der Waals surface area contributed by atoms with Gasteiger partial charge in [0.1, 0.15) is 47.5 Å². The molecular formula is C50H80O18. The van der Waals surface area contributed by atoms with Crippen LogP contribution in [0.15, 0.2) is 11.6 Å². The highest BCUT2D eigenvalue weighted by Gasteiger charge is 2.77. The van der Waals surface area contributed by atoms with E-state index in [1.807, 2.05) is 27.7 Å². The summed E-state index contributed by atoms with van der Waals surface area (Å²) in [5, 5.41) is 47.0. The number of ether oxygens (including phenoxy) is 12. The summed E-state index contributed by atoms with van der Waals surface area (Å²) < 4.78 is 74.4. The maximum Gasteiger partial charge on any atom is 0.302 e. The molecule has 0 aromatic carbocycles. The van der Waals surface area contributed by atoms with Crippen LogP contribution in [0.3, 0.4) is 0 Å². The summed E-state index contributed by atoms with van der Waals surface area (Å²) in [6.07, 6.45) is -3.63. The summed E-state index contributed by atoms with van der Waals surface area (Å²) in [5.74, 6) is -1.48. The molecule has 24 atom stereocenters.